The Morgan fingerprint density at radius 1 is 1.25 bits per heavy atom. The fraction of sp³-hybridized carbons (Fsp3) is 0.238. The van der Waals surface area contributed by atoms with Crippen LogP contribution in [-0.2, 0) is 9.53 Å². The van der Waals surface area contributed by atoms with Gasteiger partial charge < -0.3 is 9.47 Å². The van der Waals surface area contributed by atoms with Gasteiger partial charge in [-0.2, -0.15) is 0 Å². The van der Waals surface area contributed by atoms with Gasteiger partial charge >= 0.3 is 5.97 Å². The van der Waals surface area contributed by atoms with Crippen molar-refractivity contribution in [1.29, 1.82) is 0 Å². The van der Waals surface area contributed by atoms with Crippen molar-refractivity contribution in [2.24, 2.45) is 4.99 Å². The summed E-state index contributed by atoms with van der Waals surface area (Å²) in [4.78, 5) is 27.0. The van der Waals surface area contributed by atoms with E-state index in [1.54, 1.807) is 25.1 Å². The molecule has 0 N–H and O–H groups in total. The van der Waals surface area contributed by atoms with Gasteiger partial charge in [-0.25, -0.2) is 9.79 Å². The predicted molar refractivity (Wildman–Crippen MR) is 105 cm³/mol. The lowest BCUT2D eigenvalue weighted by Crippen LogP contribution is -2.06. The van der Waals surface area contributed by atoms with Gasteiger partial charge in [0, 0.05) is 17.2 Å². The number of aliphatic imine (C=N–C) groups is 1. The summed E-state index contributed by atoms with van der Waals surface area (Å²) in [5, 5.41) is 11.1. The number of carbonyl (C=O) groups is 1. The van der Waals surface area contributed by atoms with Crippen LogP contribution in [0.2, 0.25) is 0 Å². The number of carbonyl (C=O) groups excluding carboxylic acids is 1. The number of ether oxygens (including phenoxy) is 2. The van der Waals surface area contributed by atoms with Gasteiger partial charge in [-0.15, -0.1) is 0 Å². The lowest BCUT2D eigenvalue weighted by atomic mass is 10.1. The van der Waals surface area contributed by atoms with Crippen molar-refractivity contribution in [3.05, 3.63) is 75.0 Å². The number of nitrogens with zero attached hydrogens (tertiary/aromatic N) is 2. The average Bonchev–Trinajstić information content (AvgIpc) is 3.03. The van der Waals surface area contributed by atoms with E-state index in [9.17, 15) is 14.9 Å². The summed E-state index contributed by atoms with van der Waals surface area (Å²) >= 11 is 0. The number of nitro groups is 1. The first kappa shape index (κ1) is 19.3. The Bertz CT molecular complexity index is 979. The lowest BCUT2D eigenvalue weighted by Gasteiger charge is -2.05. The summed E-state index contributed by atoms with van der Waals surface area (Å²) < 4.78 is 10.9. The molecule has 0 saturated carbocycles. The Morgan fingerprint density at radius 3 is 2.82 bits per heavy atom. The molecule has 0 radical (unpaired) electrons. The number of nitro benzene ring substituents is 1. The molecule has 0 bridgehead atoms. The van der Waals surface area contributed by atoms with E-state index < -0.39 is 10.9 Å². The fourth-order valence-corrected chi connectivity index (χ4v) is 2.66. The van der Waals surface area contributed by atoms with Crippen LogP contribution in [0.25, 0.3) is 6.08 Å². The highest BCUT2D eigenvalue weighted by Crippen LogP contribution is 2.25. The van der Waals surface area contributed by atoms with Crippen LogP contribution >= 0.6 is 0 Å². The van der Waals surface area contributed by atoms with Crippen molar-refractivity contribution >= 4 is 23.6 Å². The molecule has 28 heavy (non-hydrogen) atoms. The number of unbranched alkanes of at least 4 members (excludes halogenated alkanes) is 1. The molecule has 0 amide bonds. The molecular weight excluding hydrogens is 360 g/mol. The maximum absolute atomic E-state index is 12.2. The van der Waals surface area contributed by atoms with Gasteiger partial charge in [0.15, 0.2) is 5.70 Å². The molecule has 7 heteroatoms. The van der Waals surface area contributed by atoms with Crippen LogP contribution in [0.1, 0.15) is 36.5 Å². The van der Waals surface area contributed by atoms with Crippen molar-refractivity contribution in [2.45, 2.75) is 26.7 Å². The number of hydrogen-bond acceptors (Lipinski definition) is 6. The van der Waals surface area contributed by atoms with Gasteiger partial charge in [0.05, 0.1) is 11.5 Å². The quantitative estimate of drug-likeness (QED) is 0.233. The van der Waals surface area contributed by atoms with Crippen molar-refractivity contribution in [1.82, 2.24) is 0 Å². The molecule has 3 rings (SSSR count). The van der Waals surface area contributed by atoms with Crippen LogP contribution in [0.3, 0.4) is 0 Å². The Morgan fingerprint density at radius 2 is 2.07 bits per heavy atom. The first-order chi connectivity index (χ1) is 13.5. The molecular formula is C21H20N2O5. The smallest absolute Gasteiger partial charge is 0.363 e. The van der Waals surface area contributed by atoms with Crippen molar-refractivity contribution in [3.8, 4) is 5.75 Å². The zero-order chi connectivity index (χ0) is 20.1. The van der Waals surface area contributed by atoms with E-state index in [1.807, 2.05) is 24.3 Å². The zero-order valence-electron chi connectivity index (χ0n) is 15.7. The minimum Gasteiger partial charge on any atom is -0.494 e. The Kier molecular flexibility index (Phi) is 5.84. The molecule has 2 aromatic carbocycles. The molecule has 144 valence electrons. The van der Waals surface area contributed by atoms with Gasteiger partial charge in [0.25, 0.3) is 5.69 Å². The second-order valence-corrected chi connectivity index (χ2v) is 6.37. The topological polar surface area (TPSA) is 91.0 Å². The highest BCUT2D eigenvalue weighted by molar-refractivity contribution is 6.13. The Hall–Kier alpha value is -3.48. The summed E-state index contributed by atoms with van der Waals surface area (Å²) in [6, 6.07) is 11.9. The standard InChI is InChI=1S/C21H20N2O5/c1-3-4-10-27-17-7-5-6-15(11-17)12-18-21(24)28-20(22-18)16-9-8-14(2)19(13-16)23(25)26/h5-9,11-13H,3-4,10H2,1-2H3/b18-12-. The molecule has 0 aromatic heterocycles. The Balaban J connectivity index is 1.85. The average molecular weight is 380 g/mol. The maximum atomic E-state index is 12.2. The summed E-state index contributed by atoms with van der Waals surface area (Å²) in [6.45, 7) is 4.37. The van der Waals surface area contributed by atoms with Crippen LogP contribution in [0.5, 0.6) is 5.75 Å². The normalized spacial score (nSPS) is 14.7. The molecule has 0 spiro atoms. The van der Waals surface area contributed by atoms with Crippen LogP contribution in [0, 0.1) is 17.0 Å². The van der Waals surface area contributed by atoms with Crippen LogP contribution in [-0.4, -0.2) is 23.4 Å². The van der Waals surface area contributed by atoms with E-state index in [4.69, 9.17) is 9.47 Å². The maximum Gasteiger partial charge on any atom is 0.363 e. The molecule has 1 aliphatic rings. The molecule has 7 nitrogen and oxygen atoms in total. The van der Waals surface area contributed by atoms with E-state index in [-0.39, 0.29) is 17.3 Å². The van der Waals surface area contributed by atoms with Crippen molar-refractivity contribution < 1.29 is 19.2 Å². The highest BCUT2D eigenvalue weighted by atomic mass is 16.6. The van der Waals surface area contributed by atoms with Crippen LogP contribution < -0.4 is 4.74 Å². The minimum atomic E-state index is -0.601. The van der Waals surface area contributed by atoms with Gasteiger partial charge in [0.2, 0.25) is 5.90 Å². The molecule has 0 atom stereocenters. The molecule has 1 heterocycles. The second kappa shape index (κ2) is 8.47. The number of rotatable bonds is 7. The number of cyclic esters (lactones) is 1. The SMILES string of the molecule is CCCCOc1cccc(/C=C2\N=C(c3ccc(C)c([N+](=O)[O-])c3)OC2=O)c1. The van der Waals surface area contributed by atoms with Gasteiger partial charge in [-0.3, -0.25) is 10.1 Å². The first-order valence-corrected chi connectivity index (χ1v) is 8.98. The molecule has 1 aliphatic heterocycles. The minimum absolute atomic E-state index is 0.0504. The zero-order valence-corrected chi connectivity index (χ0v) is 15.7. The van der Waals surface area contributed by atoms with E-state index in [1.165, 1.54) is 6.07 Å². The number of aryl methyl sites for hydroxylation is 1. The van der Waals surface area contributed by atoms with E-state index >= 15 is 0 Å². The fourth-order valence-electron chi connectivity index (χ4n) is 2.66. The molecule has 0 aliphatic carbocycles. The third kappa shape index (κ3) is 4.43. The van der Waals surface area contributed by atoms with Crippen LogP contribution in [0.4, 0.5) is 5.69 Å². The van der Waals surface area contributed by atoms with Crippen LogP contribution in [0.15, 0.2) is 53.2 Å². The predicted octanol–water partition coefficient (Wildman–Crippen LogP) is 4.43. The van der Waals surface area contributed by atoms with E-state index in [2.05, 4.69) is 11.9 Å². The third-order valence-corrected chi connectivity index (χ3v) is 4.20. The Labute approximate surface area is 162 Å². The summed E-state index contributed by atoms with van der Waals surface area (Å²) in [6.07, 6.45) is 3.61. The number of benzene rings is 2. The van der Waals surface area contributed by atoms with E-state index in [0.717, 1.165) is 18.4 Å². The second-order valence-electron chi connectivity index (χ2n) is 6.37. The monoisotopic (exact) mass is 380 g/mol. The summed E-state index contributed by atoms with van der Waals surface area (Å²) in [7, 11) is 0. The number of esters is 1. The highest BCUT2D eigenvalue weighted by Gasteiger charge is 2.25. The molecule has 0 saturated heterocycles. The lowest BCUT2D eigenvalue weighted by molar-refractivity contribution is -0.385. The molecule has 0 fully saturated rings. The molecule has 2 aromatic rings. The van der Waals surface area contributed by atoms with Gasteiger partial charge in [0.1, 0.15) is 5.75 Å². The van der Waals surface area contributed by atoms with Crippen molar-refractivity contribution in [2.75, 3.05) is 6.61 Å². The first-order valence-electron chi connectivity index (χ1n) is 8.98. The third-order valence-electron chi connectivity index (χ3n) is 4.20. The largest absolute Gasteiger partial charge is 0.494 e. The van der Waals surface area contributed by atoms with Crippen molar-refractivity contribution in [3.63, 3.8) is 0 Å². The number of hydrogen-bond donors (Lipinski definition) is 0. The van der Waals surface area contributed by atoms with Gasteiger partial charge in [-0.05, 0) is 43.2 Å². The van der Waals surface area contributed by atoms with Gasteiger partial charge in [-0.1, -0.05) is 31.5 Å². The summed E-state index contributed by atoms with van der Waals surface area (Å²) in [5.74, 6) is 0.165. The molecule has 0 unspecified atom stereocenters. The van der Waals surface area contributed by atoms with E-state index in [0.29, 0.717) is 23.5 Å². The summed E-state index contributed by atoms with van der Waals surface area (Å²) in [5.41, 5.74) is 1.73.